The number of carbonyl (C=O) groups excluding carboxylic acids is 1. The van der Waals surface area contributed by atoms with Gasteiger partial charge in [0.15, 0.2) is 0 Å². The second-order valence-electron chi connectivity index (χ2n) is 5.11. The summed E-state index contributed by atoms with van der Waals surface area (Å²) in [6.07, 6.45) is 0.639. The summed E-state index contributed by atoms with van der Waals surface area (Å²) in [5, 5.41) is 13.5. The first-order valence-electron chi connectivity index (χ1n) is 5.95. The van der Waals surface area contributed by atoms with Crippen molar-refractivity contribution in [3.63, 3.8) is 0 Å². The maximum atomic E-state index is 12.0. The molecular weight excluding hydrogens is 266 g/mol. The van der Waals surface area contributed by atoms with Gasteiger partial charge in [0, 0.05) is 23.9 Å². The van der Waals surface area contributed by atoms with Crippen LogP contribution in [0.5, 0.6) is 0 Å². The Hall–Kier alpha value is -1.63. The highest BCUT2D eigenvalue weighted by atomic mass is 32.1. The first-order valence-corrected chi connectivity index (χ1v) is 6.89. The molecule has 0 aliphatic heterocycles. The van der Waals surface area contributed by atoms with Crippen molar-refractivity contribution in [3.8, 4) is 0 Å². The molecule has 0 unspecified atom stereocenters. The Kier molecular flexibility index (Phi) is 5.29. The van der Waals surface area contributed by atoms with Crippen molar-refractivity contribution < 1.29 is 14.7 Å². The monoisotopic (exact) mass is 285 g/mol. The first-order chi connectivity index (χ1) is 8.80. The maximum Gasteiger partial charge on any atom is 0.323 e. The number of carbonyl (C=O) groups is 2. The lowest BCUT2D eigenvalue weighted by Crippen LogP contribution is -2.52. The SMILES string of the molecule is CC(C)(C)N(CC(=O)O)C(=O)NCCc1cscn1. The summed E-state index contributed by atoms with van der Waals surface area (Å²) in [5.41, 5.74) is 2.12. The Morgan fingerprint density at radius 3 is 2.63 bits per heavy atom. The number of nitrogens with zero attached hydrogens (tertiary/aromatic N) is 2. The number of aromatic nitrogens is 1. The molecule has 0 spiro atoms. The number of hydrogen-bond acceptors (Lipinski definition) is 4. The molecule has 1 rings (SSSR count). The predicted octanol–water partition coefficient (Wildman–Crippen LogP) is 1.58. The van der Waals surface area contributed by atoms with Crippen LogP contribution in [0.3, 0.4) is 0 Å². The van der Waals surface area contributed by atoms with Gasteiger partial charge in [0.05, 0.1) is 11.2 Å². The van der Waals surface area contributed by atoms with Gasteiger partial charge in [-0.25, -0.2) is 9.78 Å². The van der Waals surface area contributed by atoms with Crippen molar-refractivity contribution in [3.05, 3.63) is 16.6 Å². The lowest BCUT2D eigenvalue weighted by atomic mass is 10.1. The van der Waals surface area contributed by atoms with E-state index in [4.69, 9.17) is 5.11 Å². The summed E-state index contributed by atoms with van der Waals surface area (Å²) >= 11 is 1.51. The number of nitrogens with one attached hydrogen (secondary N) is 1. The molecule has 0 bridgehead atoms. The van der Waals surface area contributed by atoms with E-state index in [2.05, 4.69) is 10.3 Å². The Balaban J connectivity index is 2.50. The van der Waals surface area contributed by atoms with Crippen LogP contribution in [0.25, 0.3) is 0 Å². The van der Waals surface area contributed by atoms with Gasteiger partial charge < -0.3 is 15.3 Å². The Bertz CT molecular complexity index is 426. The van der Waals surface area contributed by atoms with Crippen LogP contribution in [0.4, 0.5) is 4.79 Å². The molecule has 19 heavy (non-hydrogen) atoms. The number of carboxylic acid groups (broad SMARTS) is 1. The number of thiazole rings is 1. The molecule has 0 saturated carbocycles. The fourth-order valence-electron chi connectivity index (χ4n) is 1.50. The molecule has 0 radical (unpaired) electrons. The fraction of sp³-hybridized carbons (Fsp3) is 0.583. The normalized spacial score (nSPS) is 11.1. The van der Waals surface area contributed by atoms with Crippen LogP contribution in [-0.2, 0) is 11.2 Å². The molecule has 7 heteroatoms. The number of urea groups is 1. The van der Waals surface area contributed by atoms with E-state index >= 15 is 0 Å². The van der Waals surface area contributed by atoms with E-state index in [9.17, 15) is 9.59 Å². The van der Waals surface area contributed by atoms with Gasteiger partial charge in [0.1, 0.15) is 6.54 Å². The average molecular weight is 285 g/mol. The fourth-order valence-corrected chi connectivity index (χ4v) is 2.10. The van der Waals surface area contributed by atoms with Gasteiger partial charge in [-0.2, -0.15) is 0 Å². The van der Waals surface area contributed by atoms with E-state index in [-0.39, 0.29) is 12.6 Å². The second-order valence-corrected chi connectivity index (χ2v) is 5.83. The molecule has 0 aromatic carbocycles. The highest BCUT2D eigenvalue weighted by Gasteiger charge is 2.28. The quantitative estimate of drug-likeness (QED) is 0.860. The van der Waals surface area contributed by atoms with Crippen LogP contribution in [-0.4, -0.2) is 45.6 Å². The van der Waals surface area contributed by atoms with E-state index in [1.165, 1.54) is 16.2 Å². The van der Waals surface area contributed by atoms with Crippen LogP contribution in [0, 0.1) is 0 Å². The molecule has 1 aromatic heterocycles. The molecule has 0 atom stereocenters. The van der Waals surface area contributed by atoms with Crippen molar-refractivity contribution in [2.75, 3.05) is 13.1 Å². The summed E-state index contributed by atoms with van der Waals surface area (Å²) < 4.78 is 0. The molecule has 0 aliphatic carbocycles. The molecule has 0 fully saturated rings. The van der Waals surface area contributed by atoms with Crippen molar-refractivity contribution >= 4 is 23.3 Å². The van der Waals surface area contributed by atoms with Crippen LogP contribution in [0.2, 0.25) is 0 Å². The summed E-state index contributed by atoms with van der Waals surface area (Å²) in [4.78, 5) is 28.2. The van der Waals surface area contributed by atoms with Gasteiger partial charge >= 0.3 is 12.0 Å². The van der Waals surface area contributed by atoms with E-state index in [0.29, 0.717) is 13.0 Å². The number of aliphatic carboxylic acids is 1. The zero-order valence-corrected chi connectivity index (χ0v) is 12.2. The van der Waals surface area contributed by atoms with E-state index in [1.807, 2.05) is 5.38 Å². The van der Waals surface area contributed by atoms with E-state index in [0.717, 1.165) is 5.69 Å². The lowest BCUT2D eigenvalue weighted by Gasteiger charge is -2.34. The largest absolute Gasteiger partial charge is 0.480 e. The second kappa shape index (κ2) is 6.51. The van der Waals surface area contributed by atoms with Crippen molar-refractivity contribution in [2.45, 2.75) is 32.7 Å². The highest BCUT2D eigenvalue weighted by Crippen LogP contribution is 2.12. The van der Waals surface area contributed by atoms with Crippen molar-refractivity contribution in [1.29, 1.82) is 0 Å². The number of amides is 2. The van der Waals surface area contributed by atoms with Gasteiger partial charge in [0.25, 0.3) is 0 Å². The summed E-state index contributed by atoms with van der Waals surface area (Å²) in [6.45, 7) is 5.53. The van der Waals surface area contributed by atoms with Crippen molar-refractivity contribution in [1.82, 2.24) is 15.2 Å². The minimum absolute atomic E-state index is 0.313. The zero-order chi connectivity index (χ0) is 14.5. The minimum atomic E-state index is -1.02. The van der Waals surface area contributed by atoms with Crippen LogP contribution in [0.1, 0.15) is 26.5 Å². The molecule has 2 N–H and O–H groups in total. The van der Waals surface area contributed by atoms with Crippen LogP contribution < -0.4 is 5.32 Å². The average Bonchev–Trinajstić information content (AvgIpc) is 2.77. The topological polar surface area (TPSA) is 82.5 Å². The smallest absolute Gasteiger partial charge is 0.323 e. The molecule has 106 valence electrons. The third-order valence-corrected chi connectivity index (χ3v) is 3.12. The molecule has 1 heterocycles. The van der Waals surface area contributed by atoms with Gasteiger partial charge in [-0.15, -0.1) is 11.3 Å². The zero-order valence-electron chi connectivity index (χ0n) is 11.3. The van der Waals surface area contributed by atoms with E-state index in [1.54, 1.807) is 26.3 Å². The van der Waals surface area contributed by atoms with Crippen LogP contribution >= 0.6 is 11.3 Å². The molecule has 1 aromatic rings. The van der Waals surface area contributed by atoms with E-state index < -0.39 is 11.5 Å². The number of carboxylic acids is 1. The molecule has 0 aliphatic rings. The third kappa shape index (κ3) is 5.25. The van der Waals surface area contributed by atoms with Crippen molar-refractivity contribution in [2.24, 2.45) is 0 Å². The molecule has 2 amide bonds. The minimum Gasteiger partial charge on any atom is -0.480 e. The Morgan fingerprint density at radius 1 is 1.47 bits per heavy atom. The van der Waals surface area contributed by atoms with Gasteiger partial charge in [0.2, 0.25) is 0 Å². The highest BCUT2D eigenvalue weighted by molar-refractivity contribution is 7.07. The van der Waals surface area contributed by atoms with Gasteiger partial charge in [-0.1, -0.05) is 0 Å². The van der Waals surface area contributed by atoms with Gasteiger partial charge in [-0.05, 0) is 20.8 Å². The standard InChI is InChI=1S/C12H19N3O3S/c1-12(2,3)15(6-10(16)17)11(18)13-5-4-9-7-19-8-14-9/h7-8H,4-6H2,1-3H3,(H,13,18)(H,16,17). The predicted molar refractivity (Wildman–Crippen MR) is 73.3 cm³/mol. The Morgan fingerprint density at radius 2 is 2.16 bits per heavy atom. The van der Waals surface area contributed by atoms with Gasteiger partial charge in [-0.3, -0.25) is 4.79 Å². The first kappa shape index (κ1) is 15.4. The Labute approximate surface area is 116 Å². The summed E-state index contributed by atoms with van der Waals surface area (Å²) in [6, 6.07) is -0.370. The summed E-state index contributed by atoms with van der Waals surface area (Å²) in [5.74, 6) is -1.02. The third-order valence-electron chi connectivity index (χ3n) is 2.49. The number of hydrogen-bond donors (Lipinski definition) is 2. The molecule has 6 nitrogen and oxygen atoms in total. The molecular formula is C12H19N3O3S. The lowest BCUT2D eigenvalue weighted by molar-refractivity contribution is -0.138. The van der Waals surface area contributed by atoms with Crippen LogP contribution in [0.15, 0.2) is 10.9 Å². The maximum absolute atomic E-state index is 12.0. The molecule has 0 saturated heterocycles. The number of rotatable bonds is 5. The summed E-state index contributed by atoms with van der Waals surface area (Å²) in [7, 11) is 0.